The number of aromatic nitrogens is 1. The van der Waals surface area contributed by atoms with Crippen molar-refractivity contribution in [3.05, 3.63) is 52.1 Å². The fraction of sp³-hybridized carbons (Fsp3) is 0.214. The maximum absolute atomic E-state index is 6.17. The summed E-state index contributed by atoms with van der Waals surface area (Å²) in [5.74, 6) is 0.582. The van der Waals surface area contributed by atoms with Crippen molar-refractivity contribution in [2.75, 3.05) is 12.4 Å². The number of ether oxygens (including phenoxy) is 1. The molecule has 0 aliphatic rings. The minimum Gasteiger partial charge on any atom is -0.481 e. The SMILES string of the molecule is COc1ccc(NC(C)c2cc(Cl)ccc2Cl)cn1. The molecule has 100 valence electrons. The summed E-state index contributed by atoms with van der Waals surface area (Å²) in [4.78, 5) is 4.14. The molecule has 0 fully saturated rings. The summed E-state index contributed by atoms with van der Waals surface area (Å²) >= 11 is 12.2. The number of hydrogen-bond acceptors (Lipinski definition) is 3. The van der Waals surface area contributed by atoms with Crippen molar-refractivity contribution in [3.63, 3.8) is 0 Å². The normalized spacial score (nSPS) is 12.0. The molecule has 1 aromatic carbocycles. The average Bonchev–Trinajstić information content (AvgIpc) is 2.42. The second-order valence-corrected chi connectivity index (χ2v) is 4.96. The fourth-order valence-corrected chi connectivity index (χ4v) is 2.22. The van der Waals surface area contributed by atoms with Crippen LogP contribution in [0.25, 0.3) is 0 Å². The van der Waals surface area contributed by atoms with Crippen LogP contribution in [-0.4, -0.2) is 12.1 Å². The van der Waals surface area contributed by atoms with Crippen molar-refractivity contribution in [1.29, 1.82) is 0 Å². The number of methoxy groups -OCH3 is 1. The Morgan fingerprint density at radius 2 is 2.00 bits per heavy atom. The first-order valence-electron chi connectivity index (χ1n) is 5.81. The van der Waals surface area contributed by atoms with Gasteiger partial charge in [0.2, 0.25) is 5.88 Å². The van der Waals surface area contributed by atoms with Gasteiger partial charge in [-0.2, -0.15) is 0 Å². The first-order chi connectivity index (χ1) is 9.10. The second-order valence-electron chi connectivity index (χ2n) is 4.12. The highest BCUT2D eigenvalue weighted by molar-refractivity contribution is 6.33. The van der Waals surface area contributed by atoms with Gasteiger partial charge in [-0.15, -0.1) is 0 Å². The summed E-state index contributed by atoms with van der Waals surface area (Å²) in [7, 11) is 1.59. The van der Waals surface area contributed by atoms with Gasteiger partial charge in [0.1, 0.15) is 0 Å². The zero-order chi connectivity index (χ0) is 13.8. The predicted octanol–water partition coefficient (Wildman–Crippen LogP) is 4.57. The Balaban J connectivity index is 2.15. The van der Waals surface area contributed by atoms with E-state index in [1.54, 1.807) is 31.5 Å². The highest BCUT2D eigenvalue weighted by atomic mass is 35.5. The molecular formula is C14H14Cl2N2O. The maximum atomic E-state index is 6.17. The number of nitrogens with zero attached hydrogens (tertiary/aromatic N) is 1. The van der Waals surface area contributed by atoms with E-state index in [2.05, 4.69) is 10.3 Å². The Bertz CT molecular complexity index is 558. The number of nitrogens with one attached hydrogen (secondary N) is 1. The Hall–Kier alpha value is -1.45. The largest absolute Gasteiger partial charge is 0.481 e. The van der Waals surface area contributed by atoms with E-state index in [0.29, 0.717) is 15.9 Å². The molecule has 0 aliphatic carbocycles. The van der Waals surface area contributed by atoms with Gasteiger partial charge in [0.25, 0.3) is 0 Å². The molecule has 1 atom stereocenters. The molecule has 2 aromatic rings. The summed E-state index contributed by atoms with van der Waals surface area (Å²) in [5.41, 5.74) is 1.84. The first kappa shape index (κ1) is 14.0. The molecule has 1 N–H and O–H groups in total. The van der Waals surface area contributed by atoms with E-state index >= 15 is 0 Å². The minimum absolute atomic E-state index is 0.0291. The van der Waals surface area contributed by atoms with Crippen molar-refractivity contribution in [2.24, 2.45) is 0 Å². The number of pyridine rings is 1. The standard InChI is InChI=1S/C14H14Cl2N2O/c1-9(12-7-10(15)3-5-13(12)16)18-11-4-6-14(19-2)17-8-11/h3-9,18H,1-2H3. The third kappa shape index (κ3) is 3.52. The minimum atomic E-state index is 0.0291. The molecule has 1 unspecified atom stereocenters. The molecule has 0 aliphatic heterocycles. The zero-order valence-corrected chi connectivity index (χ0v) is 12.2. The van der Waals surface area contributed by atoms with Crippen LogP contribution in [-0.2, 0) is 0 Å². The van der Waals surface area contributed by atoms with Crippen molar-refractivity contribution in [2.45, 2.75) is 13.0 Å². The van der Waals surface area contributed by atoms with E-state index in [1.807, 2.05) is 19.1 Å². The Morgan fingerprint density at radius 1 is 1.21 bits per heavy atom. The zero-order valence-electron chi connectivity index (χ0n) is 10.7. The van der Waals surface area contributed by atoms with Gasteiger partial charge in [-0.3, -0.25) is 0 Å². The van der Waals surface area contributed by atoms with Crippen LogP contribution in [0.1, 0.15) is 18.5 Å². The smallest absolute Gasteiger partial charge is 0.213 e. The average molecular weight is 297 g/mol. The lowest BCUT2D eigenvalue weighted by molar-refractivity contribution is 0.398. The Morgan fingerprint density at radius 3 is 2.63 bits per heavy atom. The van der Waals surface area contributed by atoms with Crippen LogP contribution in [0, 0.1) is 0 Å². The molecule has 1 aromatic heterocycles. The van der Waals surface area contributed by atoms with E-state index < -0.39 is 0 Å². The monoisotopic (exact) mass is 296 g/mol. The number of rotatable bonds is 4. The number of benzene rings is 1. The summed E-state index contributed by atoms with van der Waals surface area (Å²) in [6, 6.07) is 9.16. The summed E-state index contributed by atoms with van der Waals surface area (Å²) in [6.45, 7) is 2.02. The Labute approximate surface area is 122 Å². The van der Waals surface area contributed by atoms with Gasteiger partial charge in [0, 0.05) is 16.1 Å². The van der Waals surface area contributed by atoms with Crippen LogP contribution in [0.4, 0.5) is 5.69 Å². The summed E-state index contributed by atoms with van der Waals surface area (Å²) in [6.07, 6.45) is 1.72. The lowest BCUT2D eigenvalue weighted by Crippen LogP contribution is -2.07. The molecule has 3 nitrogen and oxygen atoms in total. The lowest BCUT2D eigenvalue weighted by atomic mass is 10.1. The maximum Gasteiger partial charge on any atom is 0.213 e. The van der Waals surface area contributed by atoms with Crippen LogP contribution in [0.2, 0.25) is 10.0 Å². The van der Waals surface area contributed by atoms with Gasteiger partial charge >= 0.3 is 0 Å². The van der Waals surface area contributed by atoms with Gasteiger partial charge in [0.05, 0.1) is 25.0 Å². The lowest BCUT2D eigenvalue weighted by Gasteiger charge is -2.17. The molecule has 1 heterocycles. The number of hydrogen-bond donors (Lipinski definition) is 1. The molecule has 0 amide bonds. The van der Waals surface area contributed by atoms with Crippen molar-refractivity contribution >= 4 is 28.9 Å². The first-order valence-corrected chi connectivity index (χ1v) is 6.57. The molecule has 19 heavy (non-hydrogen) atoms. The third-order valence-corrected chi connectivity index (χ3v) is 3.33. The van der Waals surface area contributed by atoms with E-state index in [-0.39, 0.29) is 6.04 Å². The molecule has 0 saturated carbocycles. The predicted molar refractivity (Wildman–Crippen MR) is 79.3 cm³/mol. The Kier molecular flexibility index (Phi) is 4.51. The fourth-order valence-electron chi connectivity index (χ4n) is 1.76. The highest BCUT2D eigenvalue weighted by Crippen LogP contribution is 2.28. The van der Waals surface area contributed by atoms with Crippen LogP contribution >= 0.6 is 23.2 Å². The number of anilines is 1. The summed E-state index contributed by atoms with van der Waals surface area (Å²) < 4.78 is 5.02. The van der Waals surface area contributed by atoms with Crippen molar-refractivity contribution in [3.8, 4) is 5.88 Å². The van der Waals surface area contributed by atoms with Crippen LogP contribution < -0.4 is 10.1 Å². The molecule has 2 rings (SSSR count). The van der Waals surface area contributed by atoms with Gasteiger partial charge < -0.3 is 10.1 Å². The van der Waals surface area contributed by atoms with Crippen molar-refractivity contribution in [1.82, 2.24) is 4.98 Å². The molecular weight excluding hydrogens is 283 g/mol. The van der Waals surface area contributed by atoms with Crippen LogP contribution in [0.5, 0.6) is 5.88 Å². The highest BCUT2D eigenvalue weighted by Gasteiger charge is 2.10. The van der Waals surface area contributed by atoms with E-state index in [9.17, 15) is 0 Å². The van der Waals surface area contributed by atoms with Gasteiger partial charge in [-0.05, 0) is 36.8 Å². The second kappa shape index (κ2) is 6.13. The molecule has 0 radical (unpaired) electrons. The topological polar surface area (TPSA) is 34.1 Å². The summed E-state index contributed by atoms with van der Waals surface area (Å²) in [5, 5.41) is 4.67. The third-order valence-electron chi connectivity index (χ3n) is 2.75. The number of halogens is 2. The molecule has 5 heteroatoms. The van der Waals surface area contributed by atoms with Crippen LogP contribution in [0.15, 0.2) is 36.5 Å². The molecule has 0 bridgehead atoms. The van der Waals surface area contributed by atoms with Crippen LogP contribution in [0.3, 0.4) is 0 Å². The molecule has 0 spiro atoms. The van der Waals surface area contributed by atoms with E-state index in [1.165, 1.54) is 0 Å². The van der Waals surface area contributed by atoms with Gasteiger partial charge in [-0.25, -0.2) is 4.98 Å². The van der Waals surface area contributed by atoms with Crippen molar-refractivity contribution < 1.29 is 4.74 Å². The van der Waals surface area contributed by atoms with Gasteiger partial charge in [0.15, 0.2) is 0 Å². The van der Waals surface area contributed by atoms with E-state index in [0.717, 1.165) is 11.3 Å². The van der Waals surface area contributed by atoms with Gasteiger partial charge in [-0.1, -0.05) is 23.2 Å². The quantitative estimate of drug-likeness (QED) is 0.897. The van der Waals surface area contributed by atoms with E-state index in [4.69, 9.17) is 27.9 Å². The molecule has 0 saturated heterocycles.